The molecule has 0 aromatic carbocycles. The maximum atomic E-state index is 10.4. The largest absolute Gasteiger partial charge is 0.345 e. The highest BCUT2D eigenvalue weighted by atomic mass is 16.1. The van der Waals surface area contributed by atoms with E-state index in [-0.39, 0.29) is 0 Å². The third kappa shape index (κ3) is 2.19. The van der Waals surface area contributed by atoms with Crippen LogP contribution in [0, 0.1) is 0 Å². The van der Waals surface area contributed by atoms with Gasteiger partial charge in [-0.2, -0.15) is 0 Å². The molecular formula is C8H16N2O. The Balaban J connectivity index is 2.32. The van der Waals surface area contributed by atoms with Crippen molar-refractivity contribution in [3.05, 3.63) is 0 Å². The fourth-order valence-electron chi connectivity index (χ4n) is 1.49. The maximum absolute atomic E-state index is 10.4. The minimum Gasteiger partial charge on any atom is -0.345 e. The van der Waals surface area contributed by atoms with Crippen molar-refractivity contribution < 1.29 is 4.79 Å². The molecule has 1 aliphatic heterocycles. The summed E-state index contributed by atoms with van der Waals surface area (Å²) in [7, 11) is 3.99. The van der Waals surface area contributed by atoms with Crippen molar-refractivity contribution in [1.82, 2.24) is 9.80 Å². The van der Waals surface area contributed by atoms with Gasteiger partial charge in [-0.05, 0) is 33.0 Å². The van der Waals surface area contributed by atoms with E-state index < -0.39 is 0 Å². The molecular weight excluding hydrogens is 140 g/mol. The molecule has 0 saturated carbocycles. The summed E-state index contributed by atoms with van der Waals surface area (Å²) < 4.78 is 0. The average molecular weight is 156 g/mol. The Morgan fingerprint density at radius 1 is 1.45 bits per heavy atom. The molecule has 0 radical (unpaired) electrons. The van der Waals surface area contributed by atoms with Crippen LogP contribution < -0.4 is 0 Å². The van der Waals surface area contributed by atoms with Crippen molar-refractivity contribution in [3.8, 4) is 0 Å². The maximum Gasteiger partial charge on any atom is 0.209 e. The van der Waals surface area contributed by atoms with Gasteiger partial charge in [0, 0.05) is 13.1 Å². The quantitative estimate of drug-likeness (QED) is 0.532. The second-order valence-corrected chi connectivity index (χ2v) is 3.31. The Morgan fingerprint density at radius 3 is 2.45 bits per heavy atom. The molecule has 3 nitrogen and oxygen atoms in total. The number of nitrogens with zero attached hydrogens (tertiary/aromatic N) is 2. The molecule has 64 valence electrons. The molecule has 0 N–H and O–H groups in total. The Bertz CT molecular complexity index is 130. The molecule has 11 heavy (non-hydrogen) atoms. The monoisotopic (exact) mass is 156 g/mol. The number of carbonyl (C=O) groups is 1. The van der Waals surface area contributed by atoms with Crippen molar-refractivity contribution >= 4 is 6.41 Å². The van der Waals surface area contributed by atoms with Crippen LogP contribution in [0.3, 0.4) is 0 Å². The SMILES string of the molecule is CN1CCC(N(C)C=O)CC1. The predicted octanol–water partition coefficient (Wildman–Crippen LogP) is 0.169. The molecule has 1 rings (SSSR count). The molecule has 1 aliphatic rings. The second kappa shape index (κ2) is 3.72. The highest BCUT2D eigenvalue weighted by molar-refractivity contribution is 5.47. The summed E-state index contributed by atoms with van der Waals surface area (Å²) in [6, 6.07) is 0.476. The lowest BCUT2D eigenvalue weighted by molar-refractivity contribution is -0.119. The zero-order chi connectivity index (χ0) is 8.27. The van der Waals surface area contributed by atoms with Gasteiger partial charge in [-0.1, -0.05) is 0 Å². The minimum absolute atomic E-state index is 0.476. The molecule has 1 heterocycles. The molecule has 0 atom stereocenters. The highest BCUT2D eigenvalue weighted by Crippen LogP contribution is 2.12. The fourth-order valence-corrected chi connectivity index (χ4v) is 1.49. The van der Waals surface area contributed by atoms with Crippen LogP contribution in [-0.4, -0.2) is 49.4 Å². The van der Waals surface area contributed by atoms with Crippen molar-refractivity contribution in [3.63, 3.8) is 0 Å². The van der Waals surface area contributed by atoms with Crippen LogP contribution in [0.4, 0.5) is 0 Å². The van der Waals surface area contributed by atoms with E-state index >= 15 is 0 Å². The van der Waals surface area contributed by atoms with E-state index in [9.17, 15) is 4.79 Å². The molecule has 0 aromatic heterocycles. The predicted molar refractivity (Wildman–Crippen MR) is 44.3 cm³/mol. The number of rotatable bonds is 2. The molecule has 0 bridgehead atoms. The van der Waals surface area contributed by atoms with Crippen LogP contribution >= 0.6 is 0 Å². The molecule has 0 spiro atoms. The first-order chi connectivity index (χ1) is 5.24. The van der Waals surface area contributed by atoms with Crippen molar-refractivity contribution in [2.24, 2.45) is 0 Å². The lowest BCUT2D eigenvalue weighted by atomic mass is 10.1. The highest BCUT2D eigenvalue weighted by Gasteiger charge is 2.18. The standard InChI is InChI=1S/C8H16N2O/c1-9-5-3-8(4-6-9)10(2)7-11/h7-8H,3-6H2,1-2H3. The molecule has 1 amide bonds. The zero-order valence-electron chi connectivity index (χ0n) is 7.29. The van der Waals surface area contributed by atoms with Gasteiger partial charge in [0.05, 0.1) is 0 Å². The summed E-state index contributed by atoms with van der Waals surface area (Å²) >= 11 is 0. The number of amides is 1. The van der Waals surface area contributed by atoms with E-state index in [0.29, 0.717) is 6.04 Å². The molecule has 3 heteroatoms. The first-order valence-electron chi connectivity index (χ1n) is 4.10. The summed E-state index contributed by atoms with van der Waals surface area (Å²) in [4.78, 5) is 14.5. The van der Waals surface area contributed by atoms with Crippen LogP contribution in [0.2, 0.25) is 0 Å². The second-order valence-electron chi connectivity index (χ2n) is 3.31. The van der Waals surface area contributed by atoms with E-state index in [2.05, 4.69) is 11.9 Å². The first-order valence-corrected chi connectivity index (χ1v) is 4.10. The Labute approximate surface area is 68.0 Å². The Kier molecular flexibility index (Phi) is 2.88. The van der Waals surface area contributed by atoms with Gasteiger partial charge in [0.15, 0.2) is 0 Å². The van der Waals surface area contributed by atoms with Crippen molar-refractivity contribution in [2.45, 2.75) is 18.9 Å². The van der Waals surface area contributed by atoms with Crippen LogP contribution in [0.1, 0.15) is 12.8 Å². The van der Waals surface area contributed by atoms with Gasteiger partial charge >= 0.3 is 0 Å². The smallest absolute Gasteiger partial charge is 0.209 e. The number of hydrogen-bond donors (Lipinski definition) is 0. The van der Waals surface area contributed by atoms with Gasteiger partial charge in [-0.15, -0.1) is 0 Å². The molecule has 0 unspecified atom stereocenters. The van der Waals surface area contributed by atoms with E-state index in [1.54, 1.807) is 4.90 Å². The average Bonchev–Trinajstić information content (AvgIpc) is 2.05. The summed E-state index contributed by atoms with van der Waals surface area (Å²) in [5.41, 5.74) is 0. The van der Waals surface area contributed by atoms with Crippen LogP contribution in [-0.2, 0) is 4.79 Å². The van der Waals surface area contributed by atoms with E-state index in [4.69, 9.17) is 0 Å². The molecule has 1 fully saturated rings. The van der Waals surface area contributed by atoms with Crippen molar-refractivity contribution in [2.75, 3.05) is 27.2 Å². The minimum atomic E-state index is 0.476. The van der Waals surface area contributed by atoms with Gasteiger partial charge in [-0.25, -0.2) is 0 Å². The van der Waals surface area contributed by atoms with E-state index in [1.165, 1.54) is 0 Å². The number of carbonyl (C=O) groups excluding carboxylic acids is 1. The fraction of sp³-hybridized carbons (Fsp3) is 0.875. The van der Waals surface area contributed by atoms with E-state index in [0.717, 1.165) is 32.3 Å². The third-order valence-electron chi connectivity index (χ3n) is 2.43. The lowest BCUT2D eigenvalue weighted by Crippen LogP contribution is -2.41. The Hall–Kier alpha value is -0.570. The van der Waals surface area contributed by atoms with Crippen LogP contribution in [0.15, 0.2) is 0 Å². The van der Waals surface area contributed by atoms with Gasteiger partial charge in [0.1, 0.15) is 0 Å². The van der Waals surface area contributed by atoms with Crippen LogP contribution in [0.5, 0.6) is 0 Å². The summed E-state index contributed by atoms with van der Waals surface area (Å²) in [6.07, 6.45) is 3.16. The summed E-state index contributed by atoms with van der Waals surface area (Å²) in [5.74, 6) is 0. The number of piperidine rings is 1. The summed E-state index contributed by atoms with van der Waals surface area (Å²) in [5, 5.41) is 0. The molecule has 0 aliphatic carbocycles. The van der Waals surface area contributed by atoms with Gasteiger partial charge in [0.25, 0.3) is 0 Å². The zero-order valence-corrected chi connectivity index (χ0v) is 7.29. The Morgan fingerprint density at radius 2 is 2.00 bits per heavy atom. The number of likely N-dealkylation sites (tertiary alicyclic amines) is 1. The first kappa shape index (κ1) is 8.53. The topological polar surface area (TPSA) is 23.6 Å². The van der Waals surface area contributed by atoms with Crippen LogP contribution in [0.25, 0.3) is 0 Å². The van der Waals surface area contributed by atoms with Gasteiger partial charge in [0.2, 0.25) is 6.41 Å². The normalized spacial score (nSPS) is 21.6. The van der Waals surface area contributed by atoms with Gasteiger partial charge < -0.3 is 9.80 Å². The van der Waals surface area contributed by atoms with E-state index in [1.807, 2.05) is 7.05 Å². The van der Waals surface area contributed by atoms with Gasteiger partial charge in [-0.3, -0.25) is 4.79 Å². The summed E-state index contributed by atoms with van der Waals surface area (Å²) in [6.45, 7) is 2.23. The molecule has 0 aromatic rings. The van der Waals surface area contributed by atoms with Crippen molar-refractivity contribution in [1.29, 1.82) is 0 Å². The molecule has 1 saturated heterocycles. The number of hydrogen-bond acceptors (Lipinski definition) is 2. The lowest BCUT2D eigenvalue weighted by Gasteiger charge is -2.32. The third-order valence-corrected chi connectivity index (χ3v) is 2.43.